The van der Waals surface area contributed by atoms with Gasteiger partial charge in [0.2, 0.25) is 0 Å². The van der Waals surface area contributed by atoms with Crippen molar-refractivity contribution < 1.29 is 22.7 Å². The smallest absolute Gasteiger partial charge is 0.419 e. The number of amides is 1. The minimum absolute atomic E-state index is 0.0582. The molecule has 114 valence electrons. The van der Waals surface area contributed by atoms with Crippen LogP contribution in [0.1, 0.15) is 18.4 Å². The van der Waals surface area contributed by atoms with Gasteiger partial charge in [-0.3, -0.25) is 0 Å². The number of carbonyl (C=O) groups is 1. The summed E-state index contributed by atoms with van der Waals surface area (Å²) in [6, 6.07) is 2.31. The van der Waals surface area contributed by atoms with E-state index in [0.717, 1.165) is 6.07 Å². The lowest BCUT2D eigenvalue weighted by Gasteiger charge is -2.38. The topological polar surface area (TPSA) is 54.5 Å². The normalized spacial score (nSPS) is 21.3. The number of alkyl halides is 3. The van der Waals surface area contributed by atoms with E-state index in [-0.39, 0.29) is 5.82 Å². The van der Waals surface area contributed by atoms with Gasteiger partial charge in [0.25, 0.3) is 0 Å². The van der Waals surface area contributed by atoms with Crippen LogP contribution < -0.4 is 10.2 Å². The third kappa shape index (κ3) is 2.62. The number of nitrogens with zero attached hydrogens (tertiary/aromatic N) is 2. The lowest BCUT2D eigenvalue weighted by molar-refractivity contribution is -0.137. The van der Waals surface area contributed by atoms with Crippen molar-refractivity contribution >= 4 is 11.9 Å². The van der Waals surface area contributed by atoms with Gasteiger partial charge in [0.1, 0.15) is 11.4 Å². The van der Waals surface area contributed by atoms with Crippen LogP contribution in [-0.2, 0) is 10.9 Å². The van der Waals surface area contributed by atoms with Crippen LogP contribution in [0.3, 0.4) is 0 Å². The van der Waals surface area contributed by atoms with Gasteiger partial charge in [0.15, 0.2) is 0 Å². The molecule has 3 rings (SSSR count). The van der Waals surface area contributed by atoms with E-state index >= 15 is 0 Å². The van der Waals surface area contributed by atoms with Crippen molar-refractivity contribution in [3.05, 3.63) is 23.9 Å². The average molecular weight is 301 g/mol. The van der Waals surface area contributed by atoms with Crippen molar-refractivity contribution in [2.24, 2.45) is 0 Å². The van der Waals surface area contributed by atoms with Gasteiger partial charge in [-0.1, -0.05) is 0 Å². The molecule has 0 saturated carbocycles. The molecule has 1 spiro atoms. The maximum Gasteiger partial charge on any atom is 0.419 e. The van der Waals surface area contributed by atoms with Gasteiger partial charge in [-0.25, -0.2) is 9.78 Å². The highest BCUT2D eigenvalue weighted by Crippen LogP contribution is 2.37. The molecule has 5 nitrogen and oxygen atoms in total. The summed E-state index contributed by atoms with van der Waals surface area (Å²) in [4.78, 5) is 16.6. The van der Waals surface area contributed by atoms with Crippen LogP contribution in [0, 0.1) is 0 Å². The third-order valence-electron chi connectivity index (χ3n) is 3.93. The van der Waals surface area contributed by atoms with E-state index in [1.54, 1.807) is 4.90 Å². The number of pyridine rings is 1. The van der Waals surface area contributed by atoms with Crippen LogP contribution in [0.5, 0.6) is 0 Å². The van der Waals surface area contributed by atoms with Crippen molar-refractivity contribution in [2.75, 3.05) is 24.5 Å². The molecule has 2 fully saturated rings. The second-order valence-electron chi connectivity index (χ2n) is 5.29. The summed E-state index contributed by atoms with van der Waals surface area (Å²) in [5, 5.41) is 2.59. The zero-order valence-corrected chi connectivity index (χ0v) is 11.1. The number of rotatable bonds is 1. The van der Waals surface area contributed by atoms with Gasteiger partial charge in [-0.15, -0.1) is 0 Å². The fraction of sp³-hybridized carbons (Fsp3) is 0.538. The van der Waals surface area contributed by atoms with Crippen molar-refractivity contribution in [1.82, 2.24) is 10.3 Å². The number of piperidine rings is 1. The Morgan fingerprint density at radius 1 is 1.33 bits per heavy atom. The number of halogens is 3. The highest BCUT2D eigenvalue weighted by Gasteiger charge is 2.44. The highest BCUT2D eigenvalue weighted by molar-refractivity contribution is 5.70. The Bertz CT molecular complexity index is 554. The lowest BCUT2D eigenvalue weighted by Crippen LogP contribution is -2.47. The molecule has 1 amide bonds. The summed E-state index contributed by atoms with van der Waals surface area (Å²) >= 11 is 0. The van der Waals surface area contributed by atoms with E-state index < -0.39 is 23.4 Å². The Labute approximate surface area is 119 Å². The van der Waals surface area contributed by atoms with Crippen LogP contribution in [0.15, 0.2) is 18.3 Å². The summed E-state index contributed by atoms with van der Waals surface area (Å²) in [5.74, 6) is -0.0582. The molecule has 21 heavy (non-hydrogen) atoms. The number of anilines is 1. The number of aromatic nitrogens is 1. The molecule has 2 saturated heterocycles. The van der Waals surface area contributed by atoms with E-state index in [1.807, 2.05) is 0 Å². The molecule has 0 aromatic carbocycles. The zero-order chi connectivity index (χ0) is 15.1. The fourth-order valence-corrected chi connectivity index (χ4v) is 2.78. The number of ether oxygens (including phenoxy) is 1. The molecule has 1 aromatic rings. The van der Waals surface area contributed by atoms with E-state index in [0.29, 0.717) is 32.5 Å². The largest absolute Gasteiger partial charge is 0.441 e. The van der Waals surface area contributed by atoms with Gasteiger partial charge in [0.05, 0.1) is 12.1 Å². The summed E-state index contributed by atoms with van der Waals surface area (Å²) in [5.41, 5.74) is -1.32. The highest BCUT2D eigenvalue weighted by atomic mass is 19.4. The molecule has 1 aromatic heterocycles. The Hall–Kier alpha value is -1.99. The number of hydrogen-bond donors (Lipinski definition) is 1. The van der Waals surface area contributed by atoms with Gasteiger partial charge >= 0.3 is 12.3 Å². The molecule has 0 aliphatic carbocycles. The average Bonchev–Trinajstić information content (AvgIpc) is 2.80. The molecule has 0 atom stereocenters. The quantitative estimate of drug-likeness (QED) is 0.864. The van der Waals surface area contributed by atoms with Crippen LogP contribution in [0.25, 0.3) is 0 Å². The molecular weight excluding hydrogens is 287 g/mol. The molecule has 0 radical (unpaired) electrons. The first-order valence-corrected chi connectivity index (χ1v) is 6.64. The number of alkyl carbamates (subject to hydrolysis) is 1. The van der Waals surface area contributed by atoms with Gasteiger partial charge in [-0.05, 0) is 12.1 Å². The SMILES string of the molecule is O=C1NCC2(CCN(c3ncccc3C(F)(F)F)CC2)O1. The lowest BCUT2D eigenvalue weighted by atomic mass is 9.91. The van der Waals surface area contributed by atoms with Crippen LogP contribution in [0.4, 0.5) is 23.8 Å². The second-order valence-corrected chi connectivity index (χ2v) is 5.29. The number of nitrogens with one attached hydrogen (secondary N) is 1. The minimum atomic E-state index is -4.43. The zero-order valence-electron chi connectivity index (χ0n) is 11.1. The number of hydrogen-bond acceptors (Lipinski definition) is 4. The Morgan fingerprint density at radius 3 is 2.62 bits per heavy atom. The summed E-state index contributed by atoms with van der Waals surface area (Å²) < 4.78 is 44.3. The summed E-state index contributed by atoms with van der Waals surface area (Å²) in [6.45, 7) is 1.15. The van der Waals surface area contributed by atoms with Gasteiger partial charge in [0, 0.05) is 32.1 Å². The first-order valence-electron chi connectivity index (χ1n) is 6.64. The summed E-state index contributed by atoms with van der Waals surface area (Å²) in [6.07, 6.45) is -2.57. The molecule has 0 bridgehead atoms. The Morgan fingerprint density at radius 2 is 2.05 bits per heavy atom. The Kier molecular flexibility index (Phi) is 3.18. The van der Waals surface area contributed by atoms with E-state index in [4.69, 9.17) is 4.74 Å². The Balaban J connectivity index is 1.77. The van der Waals surface area contributed by atoms with E-state index in [9.17, 15) is 18.0 Å². The van der Waals surface area contributed by atoms with Crippen LogP contribution in [0.2, 0.25) is 0 Å². The summed E-state index contributed by atoms with van der Waals surface area (Å²) in [7, 11) is 0. The van der Waals surface area contributed by atoms with Crippen molar-refractivity contribution in [2.45, 2.75) is 24.6 Å². The maximum atomic E-state index is 13.0. The van der Waals surface area contributed by atoms with Gasteiger partial charge < -0.3 is 15.0 Å². The van der Waals surface area contributed by atoms with Crippen LogP contribution in [-0.4, -0.2) is 36.3 Å². The van der Waals surface area contributed by atoms with Crippen molar-refractivity contribution in [3.63, 3.8) is 0 Å². The second kappa shape index (κ2) is 4.78. The van der Waals surface area contributed by atoms with E-state index in [1.165, 1.54) is 12.3 Å². The van der Waals surface area contributed by atoms with E-state index in [2.05, 4.69) is 10.3 Å². The first-order chi connectivity index (χ1) is 9.90. The molecule has 2 aliphatic rings. The predicted molar refractivity (Wildman–Crippen MR) is 67.9 cm³/mol. The minimum Gasteiger partial charge on any atom is -0.441 e. The molecule has 2 aliphatic heterocycles. The monoisotopic (exact) mass is 301 g/mol. The molecular formula is C13H14F3N3O2. The maximum absolute atomic E-state index is 13.0. The van der Waals surface area contributed by atoms with Crippen molar-refractivity contribution in [3.8, 4) is 0 Å². The predicted octanol–water partition coefficient (Wildman–Crippen LogP) is 2.18. The molecule has 0 unspecified atom stereocenters. The number of carbonyl (C=O) groups excluding carboxylic acids is 1. The first kappa shape index (κ1) is 14.0. The molecule has 1 N–H and O–H groups in total. The standard InChI is InChI=1S/C13H14F3N3O2/c14-13(15,16)9-2-1-5-17-10(9)19-6-3-12(4-7-19)8-18-11(20)21-12/h1-2,5H,3-4,6-8H2,(H,18,20). The third-order valence-corrected chi connectivity index (χ3v) is 3.93. The molecule has 8 heteroatoms. The van der Waals surface area contributed by atoms with Gasteiger partial charge in [-0.2, -0.15) is 13.2 Å². The van der Waals surface area contributed by atoms with Crippen LogP contribution >= 0.6 is 0 Å². The fourth-order valence-electron chi connectivity index (χ4n) is 2.78. The molecule has 3 heterocycles. The van der Waals surface area contributed by atoms with Crippen molar-refractivity contribution in [1.29, 1.82) is 0 Å².